The van der Waals surface area contributed by atoms with E-state index in [0.29, 0.717) is 38.9 Å². The third-order valence-corrected chi connectivity index (χ3v) is 6.60. The molecule has 0 aliphatic rings. The minimum Gasteiger partial charge on any atom is -0.423 e. The van der Waals surface area contributed by atoms with Crippen molar-refractivity contribution in [1.29, 1.82) is 0 Å². The molecule has 0 amide bonds. The fraction of sp³-hybridized carbons (Fsp3) is 0.767. The summed E-state index contributed by atoms with van der Waals surface area (Å²) in [7, 11) is 0. The van der Waals surface area contributed by atoms with E-state index in [9.17, 15) is 14.4 Å². The summed E-state index contributed by atoms with van der Waals surface area (Å²) in [4.78, 5) is 66.5. The number of hydrogen-bond donors (Lipinski definition) is 2. The van der Waals surface area contributed by atoms with Crippen molar-refractivity contribution in [3.8, 4) is 0 Å². The molecule has 1 rings (SSSR count). The van der Waals surface area contributed by atoms with Crippen LogP contribution in [0, 0.1) is 13.8 Å². The third kappa shape index (κ3) is 19.5. The van der Waals surface area contributed by atoms with E-state index in [1.165, 1.54) is 26.5 Å². The van der Waals surface area contributed by atoms with E-state index in [1.807, 2.05) is 0 Å². The van der Waals surface area contributed by atoms with Crippen molar-refractivity contribution in [2.75, 3.05) is 26.3 Å². The van der Waals surface area contributed by atoms with Gasteiger partial charge in [-0.1, -0.05) is 58.3 Å². The Balaban J connectivity index is 0. The van der Waals surface area contributed by atoms with Gasteiger partial charge in [0.15, 0.2) is 0 Å². The van der Waals surface area contributed by atoms with Crippen molar-refractivity contribution in [3.05, 3.63) is 45.3 Å². The van der Waals surface area contributed by atoms with E-state index in [4.69, 9.17) is 20.0 Å². The summed E-state index contributed by atoms with van der Waals surface area (Å²) in [5, 5.41) is 18.0. The van der Waals surface area contributed by atoms with Crippen LogP contribution in [0.5, 0.6) is 0 Å². The van der Waals surface area contributed by atoms with E-state index in [1.54, 1.807) is 0 Å². The Kier molecular flexibility index (Phi) is 26.1. The molecule has 258 valence electrons. The summed E-state index contributed by atoms with van der Waals surface area (Å²) >= 11 is 0. The summed E-state index contributed by atoms with van der Waals surface area (Å²) in [5.74, 6) is 0. The number of aliphatic imine (C=N–C) groups is 2. The van der Waals surface area contributed by atoms with Crippen LogP contribution in [-0.4, -0.2) is 75.2 Å². The molecule has 14 nitrogen and oxygen atoms in total. The smallest absolute Gasteiger partial charge is 0.336 e. The molecule has 16 heteroatoms. The second-order valence-electron chi connectivity index (χ2n) is 10.6. The number of aromatic nitrogens is 3. The molecule has 2 unspecified atom stereocenters. The van der Waals surface area contributed by atoms with Crippen LogP contribution in [-0.2, 0) is 39.2 Å². The normalized spacial score (nSPS) is 12.6. The van der Waals surface area contributed by atoms with Crippen LogP contribution < -0.4 is 17.1 Å². The summed E-state index contributed by atoms with van der Waals surface area (Å²) in [6.45, 7) is 10.6. The Morgan fingerprint density at radius 2 is 0.935 bits per heavy atom. The van der Waals surface area contributed by atoms with Crippen LogP contribution in [0.1, 0.15) is 90.4 Å². The summed E-state index contributed by atoms with van der Waals surface area (Å²) in [6.07, 6.45) is 11.6. The Morgan fingerprint density at radius 1 is 0.609 bits per heavy atom. The zero-order chi connectivity index (χ0) is 32.4. The number of aliphatic hydroxyl groups excluding tert-OH is 2. The topological polar surface area (TPSA) is 168 Å². The van der Waals surface area contributed by atoms with Crippen molar-refractivity contribution in [3.63, 3.8) is 0 Å². The van der Waals surface area contributed by atoms with Gasteiger partial charge in [0.05, 0.1) is 13.2 Å². The van der Waals surface area contributed by atoms with Gasteiger partial charge < -0.3 is 33.8 Å². The Morgan fingerprint density at radius 3 is 1.26 bits per heavy atom. The molecule has 0 spiro atoms. The Labute approximate surface area is 260 Å². The number of rotatable bonds is 28. The van der Waals surface area contributed by atoms with E-state index in [0.717, 1.165) is 64.2 Å². The molecule has 0 fully saturated rings. The first-order valence-electron chi connectivity index (χ1n) is 15.8. The number of nitrogens with zero attached hydrogens (tertiary/aromatic N) is 5. The minimum absolute atomic E-state index is 0. The third-order valence-electron chi connectivity index (χ3n) is 6.60. The van der Waals surface area contributed by atoms with Gasteiger partial charge in [-0.15, -0.1) is 0 Å². The maximum atomic E-state index is 13.2. The van der Waals surface area contributed by atoms with Crippen molar-refractivity contribution in [1.82, 2.24) is 13.7 Å². The van der Waals surface area contributed by atoms with Crippen molar-refractivity contribution in [2.45, 2.75) is 122 Å². The predicted molar refractivity (Wildman–Crippen MR) is 168 cm³/mol. The van der Waals surface area contributed by atoms with E-state index >= 15 is 0 Å². The van der Waals surface area contributed by atoms with Gasteiger partial charge in [-0.25, -0.2) is 28.1 Å². The minimum atomic E-state index is -0.865. The van der Waals surface area contributed by atoms with Crippen molar-refractivity contribution >= 4 is 12.8 Å². The van der Waals surface area contributed by atoms with Gasteiger partial charge in [0, 0.05) is 32.7 Å². The average Bonchev–Trinajstić information content (AvgIpc) is 2.98. The second-order valence-corrected chi connectivity index (χ2v) is 10.6. The van der Waals surface area contributed by atoms with Gasteiger partial charge in [-0.05, 0) is 44.3 Å². The van der Waals surface area contributed by atoms with Gasteiger partial charge in [-0.3, -0.25) is 9.98 Å². The predicted octanol–water partition coefficient (Wildman–Crippen LogP) is 2.61. The molecule has 0 aromatic carbocycles. The molecular weight excluding hydrogens is 1110 g/mol. The maximum Gasteiger partial charge on any atom is 0.336 e. The summed E-state index contributed by atoms with van der Waals surface area (Å²) in [5.41, 5.74) is -1.62. The second kappa shape index (κ2) is 27.7. The van der Waals surface area contributed by atoms with Gasteiger partial charge in [-0.2, -0.15) is 9.78 Å². The number of unbranched alkanes of at least 4 members (excludes halogenated alkanes) is 10. The number of hydrogen-bond acceptors (Lipinski definition) is 11. The van der Waals surface area contributed by atoms with Gasteiger partial charge in [0.2, 0.25) is 12.8 Å². The fourth-order valence-corrected chi connectivity index (χ4v) is 4.25. The van der Waals surface area contributed by atoms with Crippen LogP contribution in [0.3, 0.4) is 0 Å². The van der Waals surface area contributed by atoms with Crippen LogP contribution in [0.4, 0.5) is 0 Å². The molecule has 2 atom stereocenters. The van der Waals surface area contributed by atoms with Gasteiger partial charge in [0.1, 0.15) is 0 Å². The molecule has 0 radical (unpaired) electrons. The molecule has 1 aromatic heterocycles. The van der Waals surface area contributed by atoms with Crippen molar-refractivity contribution in [2.24, 2.45) is 9.98 Å². The van der Waals surface area contributed by atoms with Gasteiger partial charge in [0.25, 0.3) is 0 Å². The molecule has 0 aliphatic heterocycles. The average molecular weight is 1160 g/mol. The van der Waals surface area contributed by atoms with Gasteiger partial charge >= 0.3 is 17.1 Å². The summed E-state index contributed by atoms with van der Waals surface area (Å²) in [6, 6.07) is 0. The van der Waals surface area contributed by atoms with Crippen LogP contribution in [0.15, 0.2) is 24.4 Å². The first kappa shape index (κ1) is 43.3. The molecule has 0 bridgehead atoms. The quantitative estimate of drug-likeness (QED) is 0.0321. The SMILES string of the molecule is [CH2-]C(O)COOC=NCCCCCCn1c(=O)n(CCCCCCC)c(=O)n(CCCCCCN=COOCC([CH2-])O)c1=O.[Rf].[Rf]. The molecule has 0 aliphatic carbocycles. The molecule has 0 saturated carbocycles. The monoisotopic (exact) mass is 1160 g/mol. The number of aliphatic hydroxyl groups is 2. The standard InChI is InChI=1S/C30H53N5O9.2Rf/c1-4-5-6-9-14-19-33-28(38)34(20-15-10-7-12-17-31-24-43-41-22-26(2)36)30(40)35(29(33)39)21-16-11-8-13-18-32-25-44-42-23-27(3)37;;/h24-27,36-37H,2-23H2,1H3;;/q-2;;. The van der Waals surface area contributed by atoms with Crippen LogP contribution >= 0.6 is 0 Å². The molecule has 2 N–H and O–H groups in total. The molecule has 0 saturated heterocycles. The van der Waals surface area contributed by atoms with Crippen LogP contribution in [0.2, 0.25) is 0 Å². The zero-order valence-electron chi connectivity index (χ0n) is 27.8. The van der Waals surface area contributed by atoms with E-state index in [2.05, 4.69) is 40.5 Å². The first-order valence-corrected chi connectivity index (χ1v) is 15.8. The first-order chi connectivity index (χ1) is 21.3. The fourth-order valence-electron chi connectivity index (χ4n) is 4.25. The molecule has 46 heavy (non-hydrogen) atoms. The van der Waals surface area contributed by atoms with E-state index < -0.39 is 29.3 Å². The van der Waals surface area contributed by atoms with E-state index in [-0.39, 0.29) is 26.3 Å². The summed E-state index contributed by atoms with van der Waals surface area (Å²) < 4.78 is 3.64. The molecular formula is C30H53N5O9Rf2-2. The van der Waals surface area contributed by atoms with Crippen LogP contribution in [0.25, 0.3) is 0 Å². The largest absolute Gasteiger partial charge is 0.423 e. The molecule has 1 aromatic rings. The Hall–Kier alpha value is -4.81. The zero-order valence-corrected chi connectivity index (χ0v) is 40.6. The maximum absolute atomic E-state index is 13.2. The Bertz CT molecular complexity index is 1030. The molecule has 1 heterocycles. The van der Waals surface area contributed by atoms with Crippen molar-refractivity contribution < 1.29 is 29.8 Å².